The lowest BCUT2D eigenvalue weighted by Gasteiger charge is -2.32. The average molecular weight is 437 g/mol. The van der Waals surface area contributed by atoms with Crippen LogP contribution in [0, 0.1) is 0 Å². The van der Waals surface area contributed by atoms with Crippen molar-refractivity contribution in [1.82, 2.24) is 19.8 Å². The SMILES string of the molecule is c1cncc(OC2CCN(Cc3ccc4c(c3)CN(Cc3nccs3)CCO4)CC2)c1. The smallest absolute Gasteiger partial charge is 0.137 e. The Morgan fingerprint density at radius 1 is 1.06 bits per heavy atom. The van der Waals surface area contributed by atoms with Gasteiger partial charge in [0.05, 0.1) is 12.7 Å². The van der Waals surface area contributed by atoms with Crippen LogP contribution in [0.3, 0.4) is 0 Å². The molecule has 0 spiro atoms. The summed E-state index contributed by atoms with van der Waals surface area (Å²) in [6, 6.07) is 10.6. The van der Waals surface area contributed by atoms with Crippen molar-refractivity contribution in [3.05, 3.63) is 70.4 Å². The molecule has 0 bridgehead atoms. The number of benzene rings is 1. The maximum Gasteiger partial charge on any atom is 0.137 e. The fourth-order valence-corrected chi connectivity index (χ4v) is 4.97. The summed E-state index contributed by atoms with van der Waals surface area (Å²) in [7, 11) is 0. The third kappa shape index (κ3) is 5.42. The van der Waals surface area contributed by atoms with Crippen LogP contribution in [0.2, 0.25) is 0 Å². The molecule has 0 radical (unpaired) electrons. The first-order valence-corrected chi connectivity index (χ1v) is 11.8. The molecule has 0 saturated carbocycles. The third-order valence-corrected chi connectivity index (χ3v) is 6.67. The van der Waals surface area contributed by atoms with Crippen molar-refractivity contribution in [3.8, 4) is 11.5 Å². The molecule has 1 aromatic carbocycles. The van der Waals surface area contributed by atoms with E-state index in [9.17, 15) is 0 Å². The Morgan fingerprint density at radius 2 is 2.00 bits per heavy atom. The van der Waals surface area contributed by atoms with E-state index in [0.29, 0.717) is 0 Å². The number of hydrogen-bond acceptors (Lipinski definition) is 7. The maximum atomic E-state index is 6.08. The van der Waals surface area contributed by atoms with Crippen LogP contribution in [0.1, 0.15) is 29.0 Å². The number of rotatable bonds is 6. The molecule has 4 heterocycles. The molecule has 3 aromatic rings. The predicted molar refractivity (Wildman–Crippen MR) is 121 cm³/mol. The number of thiazole rings is 1. The molecule has 7 heteroatoms. The molecule has 6 nitrogen and oxygen atoms in total. The monoisotopic (exact) mass is 436 g/mol. The van der Waals surface area contributed by atoms with Crippen LogP contribution >= 0.6 is 11.3 Å². The molecule has 1 saturated heterocycles. The lowest BCUT2D eigenvalue weighted by atomic mass is 10.0. The Balaban J connectivity index is 1.17. The zero-order valence-electron chi connectivity index (χ0n) is 17.7. The number of aromatic nitrogens is 2. The molecule has 0 aliphatic carbocycles. The van der Waals surface area contributed by atoms with Crippen molar-refractivity contribution in [2.45, 2.75) is 38.6 Å². The Hall–Kier alpha value is -2.48. The Labute approximate surface area is 187 Å². The molecule has 1 fully saturated rings. The van der Waals surface area contributed by atoms with Gasteiger partial charge < -0.3 is 9.47 Å². The summed E-state index contributed by atoms with van der Waals surface area (Å²) in [5.41, 5.74) is 2.63. The molecule has 162 valence electrons. The fraction of sp³-hybridized carbons (Fsp3) is 0.417. The van der Waals surface area contributed by atoms with Gasteiger partial charge in [-0.2, -0.15) is 0 Å². The Bertz CT molecular complexity index is 959. The number of ether oxygens (including phenoxy) is 2. The number of fused-ring (bicyclic) bond motifs is 1. The summed E-state index contributed by atoms with van der Waals surface area (Å²) in [5.74, 6) is 1.89. The second-order valence-electron chi connectivity index (χ2n) is 8.21. The van der Waals surface area contributed by atoms with E-state index in [-0.39, 0.29) is 6.10 Å². The van der Waals surface area contributed by atoms with Crippen molar-refractivity contribution in [2.24, 2.45) is 0 Å². The van der Waals surface area contributed by atoms with Crippen LogP contribution in [-0.2, 0) is 19.6 Å². The molecular weight excluding hydrogens is 408 g/mol. The number of likely N-dealkylation sites (tertiary alicyclic amines) is 1. The summed E-state index contributed by atoms with van der Waals surface area (Å²) in [6.45, 7) is 6.51. The van der Waals surface area contributed by atoms with Crippen LogP contribution in [0.15, 0.2) is 54.3 Å². The molecule has 0 N–H and O–H groups in total. The summed E-state index contributed by atoms with van der Waals surface area (Å²) in [5, 5.41) is 3.21. The van der Waals surface area contributed by atoms with E-state index >= 15 is 0 Å². The highest BCUT2D eigenvalue weighted by Gasteiger charge is 2.22. The predicted octanol–water partition coefficient (Wildman–Crippen LogP) is 3.98. The minimum absolute atomic E-state index is 0.278. The van der Waals surface area contributed by atoms with Gasteiger partial charge in [0.2, 0.25) is 0 Å². The molecule has 2 aliphatic rings. The molecule has 31 heavy (non-hydrogen) atoms. The highest BCUT2D eigenvalue weighted by Crippen LogP contribution is 2.27. The average Bonchev–Trinajstić information content (AvgIpc) is 3.22. The molecule has 0 unspecified atom stereocenters. The van der Waals surface area contributed by atoms with Gasteiger partial charge in [0.1, 0.15) is 29.2 Å². The van der Waals surface area contributed by atoms with Crippen LogP contribution in [-0.4, -0.2) is 52.1 Å². The van der Waals surface area contributed by atoms with E-state index in [4.69, 9.17) is 9.47 Å². The molecule has 0 atom stereocenters. The minimum atomic E-state index is 0.278. The highest BCUT2D eigenvalue weighted by molar-refractivity contribution is 7.09. The van der Waals surface area contributed by atoms with Gasteiger partial charge in [0.25, 0.3) is 0 Å². The van der Waals surface area contributed by atoms with E-state index in [1.54, 1.807) is 23.7 Å². The first kappa shape index (κ1) is 20.4. The Kier molecular flexibility index (Phi) is 6.43. The number of pyridine rings is 1. The fourth-order valence-electron chi connectivity index (χ4n) is 4.31. The molecule has 0 amide bonds. The zero-order chi connectivity index (χ0) is 20.9. The van der Waals surface area contributed by atoms with Crippen molar-refractivity contribution >= 4 is 11.3 Å². The lowest BCUT2D eigenvalue weighted by Crippen LogP contribution is -2.37. The third-order valence-electron chi connectivity index (χ3n) is 5.90. The minimum Gasteiger partial charge on any atom is -0.492 e. The zero-order valence-corrected chi connectivity index (χ0v) is 18.5. The van der Waals surface area contributed by atoms with Crippen molar-refractivity contribution in [2.75, 3.05) is 26.2 Å². The number of hydrogen-bond donors (Lipinski definition) is 0. The van der Waals surface area contributed by atoms with E-state index in [2.05, 4.69) is 38.0 Å². The summed E-state index contributed by atoms with van der Waals surface area (Å²) >= 11 is 1.72. The van der Waals surface area contributed by atoms with E-state index < -0.39 is 0 Å². The normalized spacial score (nSPS) is 18.2. The lowest BCUT2D eigenvalue weighted by molar-refractivity contribution is 0.0965. The highest BCUT2D eigenvalue weighted by atomic mass is 32.1. The summed E-state index contributed by atoms with van der Waals surface area (Å²) in [6.07, 6.45) is 7.82. The van der Waals surface area contributed by atoms with E-state index in [0.717, 1.165) is 75.2 Å². The molecule has 2 aliphatic heterocycles. The van der Waals surface area contributed by atoms with Crippen molar-refractivity contribution in [3.63, 3.8) is 0 Å². The molecular formula is C24H28N4O2S. The van der Waals surface area contributed by atoms with E-state index in [1.807, 2.05) is 23.7 Å². The Morgan fingerprint density at radius 3 is 2.81 bits per heavy atom. The summed E-state index contributed by atoms with van der Waals surface area (Å²) in [4.78, 5) is 13.5. The van der Waals surface area contributed by atoms with Gasteiger partial charge in [-0.05, 0) is 42.7 Å². The van der Waals surface area contributed by atoms with Crippen molar-refractivity contribution in [1.29, 1.82) is 0 Å². The molecule has 5 rings (SSSR count). The van der Waals surface area contributed by atoms with Gasteiger partial charge in [-0.3, -0.25) is 14.8 Å². The number of piperidine rings is 1. The second-order valence-corrected chi connectivity index (χ2v) is 9.19. The standard InChI is InChI=1S/C24H28N4O2S/c1-2-22(15-25-7-1)30-21-5-9-27(10-6-21)16-19-3-4-23-20(14-19)17-28(11-12-29-23)18-24-26-8-13-31-24/h1-4,7-8,13-15,21H,5-6,9-12,16-18H2. The van der Waals surface area contributed by atoms with Gasteiger partial charge in [-0.25, -0.2) is 4.98 Å². The van der Waals surface area contributed by atoms with Gasteiger partial charge in [-0.1, -0.05) is 6.07 Å². The number of nitrogens with zero attached hydrogens (tertiary/aromatic N) is 4. The first-order chi connectivity index (χ1) is 15.3. The first-order valence-electron chi connectivity index (χ1n) is 11.0. The molecule has 2 aromatic heterocycles. The van der Waals surface area contributed by atoms with Gasteiger partial charge in [0.15, 0.2) is 0 Å². The summed E-state index contributed by atoms with van der Waals surface area (Å²) < 4.78 is 12.1. The van der Waals surface area contributed by atoms with Crippen LogP contribution in [0.5, 0.6) is 11.5 Å². The van der Waals surface area contributed by atoms with Crippen LogP contribution in [0.4, 0.5) is 0 Å². The second kappa shape index (κ2) is 9.77. The van der Waals surface area contributed by atoms with Gasteiger partial charge in [0, 0.05) is 56.1 Å². The van der Waals surface area contributed by atoms with Crippen LogP contribution < -0.4 is 9.47 Å². The van der Waals surface area contributed by atoms with Gasteiger partial charge >= 0.3 is 0 Å². The maximum absolute atomic E-state index is 6.08. The van der Waals surface area contributed by atoms with Crippen LogP contribution in [0.25, 0.3) is 0 Å². The van der Waals surface area contributed by atoms with E-state index in [1.165, 1.54) is 11.1 Å². The van der Waals surface area contributed by atoms with Crippen molar-refractivity contribution < 1.29 is 9.47 Å². The largest absolute Gasteiger partial charge is 0.492 e. The topological polar surface area (TPSA) is 50.7 Å². The quantitative estimate of drug-likeness (QED) is 0.583. The van der Waals surface area contributed by atoms with Gasteiger partial charge in [-0.15, -0.1) is 11.3 Å².